The fourth-order valence-corrected chi connectivity index (χ4v) is 5.18. The molecule has 0 bridgehead atoms. The Morgan fingerprint density at radius 2 is 1.69 bits per heavy atom. The maximum absolute atomic E-state index is 13.1. The fourth-order valence-electron chi connectivity index (χ4n) is 3.74. The smallest absolute Gasteiger partial charge is 0.273 e. The number of benzene rings is 2. The van der Waals surface area contributed by atoms with Crippen molar-refractivity contribution in [2.75, 3.05) is 39.4 Å². The minimum Gasteiger partial charge on any atom is -0.490 e. The summed E-state index contributed by atoms with van der Waals surface area (Å²) in [5.41, 5.74) is 0.237. The Hall–Kier alpha value is -3.18. The zero-order valence-corrected chi connectivity index (χ0v) is 18.1. The van der Waals surface area contributed by atoms with Crippen LogP contribution in [-0.4, -0.2) is 67.8 Å². The van der Waals surface area contributed by atoms with Gasteiger partial charge in [-0.05, 0) is 12.1 Å². The molecule has 1 saturated heterocycles. The molecule has 2 aliphatic rings. The summed E-state index contributed by atoms with van der Waals surface area (Å²) >= 11 is 0. The van der Waals surface area contributed by atoms with E-state index < -0.39 is 14.9 Å². The third kappa shape index (κ3) is 4.53. The Morgan fingerprint density at radius 1 is 1.00 bits per heavy atom. The van der Waals surface area contributed by atoms with Gasteiger partial charge in [0.25, 0.3) is 5.69 Å². The van der Waals surface area contributed by atoms with Crippen LogP contribution in [-0.2, 0) is 21.2 Å². The molecule has 0 aliphatic carbocycles. The molecule has 2 heterocycles. The van der Waals surface area contributed by atoms with Crippen molar-refractivity contribution in [2.24, 2.45) is 0 Å². The van der Waals surface area contributed by atoms with E-state index in [9.17, 15) is 23.3 Å². The van der Waals surface area contributed by atoms with E-state index in [4.69, 9.17) is 9.47 Å². The molecule has 0 saturated carbocycles. The average Bonchev–Trinajstić information content (AvgIpc) is 3.04. The molecule has 0 unspecified atom stereocenters. The molecule has 11 heteroatoms. The van der Waals surface area contributed by atoms with Crippen LogP contribution in [0.3, 0.4) is 0 Å². The van der Waals surface area contributed by atoms with Gasteiger partial charge in [-0.25, -0.2) is 8.42 Å². The molecule has 2 aromatic carbocycles. The number of rotatable bonds is 5. The van der Waals surface area contributed by atoms with Crippen molar-refractivity contribution in [3.05, 3.63) is 58.1 Å². The van der Waals surface area contributed by atoms with Crippen molar-refractivity contribution >= 4 is 21.6 Å². The molecule has 0 N–H and O–H groups in total. The Morgan fingerprint density at radius 3 is 2.41 bits per heavy atom. The predicted octanol–water partition coefficient (Wildman–Crippen LogP) is 1.83. The molecule has 4 rings (SSSR count). The molecule has 32 heavy (non-hydrogen) atoms. The van der Waals surface area contributed by atoms with Crippen LogP contribution in [0.1, 0.15) is 12.0 Å². The number of para-hydroxylation sites is 1. The third-order valence-corrected chi connectivity index (χ3v) is 7.37. The predicted molar refractivity (Wildman–Crippen MR) is 114 cm³/mol. The Bertz CT molecular complexity index is 1130. The molecule has 170 valence electrons. The van der Waals surface area contributed by atoms with Gasteiger partial charge in [0.15, 0.2) is 11.5 Å². The lowest BCUT2D eigenvalue weighted by molar-refractivity contribution is -0.385. The van der Waals surface area contributed by atoms with Crippen molar-refractivity contribution in [1.82, 2.24) is 9.21 Å². The number of sulfonamides is 1. The van der Waals surface area contributed by atoms with Crippen molar-refractivity contribution in [2.45, 2.75) is 17.7 Å². The molecule has 10 nitrogen and oxygen atoms in total. The zero-order chi connectivity index (χ0) is 22.7. The van der Waals surface area contributed by atoms with E-state index in [0.29, 0.717) is 30.3 Å². The molecule has 0 spiro atoms. The van der Waals surface area contributed by atoms with Crippen LogP contribution in [0.2, 0.25) is 0 Å². The van der Waals surface area contributed by atoms with Gasteiger partial charge in [0.1, 0.15) is 0 Å². The van der Waals surface area contributed by atoms with Gasteiger partial charge >= 0.3 is 0 Å². The number of fused-ring (bicyclic) bond motifs is 1. The molecule has 1 amide bonds. The summed E-state index contributed by atoms with van der Waals surface area (Å²) < 4.78 is 38.7. The second kappa shape index (κ2) is 9.13. The highest BCUT2D eigenvalue weighted by atomic mass is 32.2. The van der Waals surface area contributed by atoms with Gasteiger partial charge in [0.05, 0.1) is 29.5 Å². The lowest BCUT2D eigenvalue weighted by Crippen LogP contribution is -2.50. The van der Waals surface area contributed by atoms with Crippen LogP contribution in [0.25, 0.3) is 0 Å². The van der Waals surface area contributed by atoms with Crippen molar-refractivity contribution in [1.29, 1.82) is 0 Å². The van der Waals surface area contributed by atoms with Crippen LogP contribution in [0, 0.1) is 10.1 Å². The monoisotopic (exact) mass is 461 g/mol. The van der Waals surface area contributed by atoms with E-state index in [1.807, 2.05) is 0 Å². The third-order valence-electron chi connectivity index (χ3n) is 5.48. The molecule has 0 aromatic heterocycles. The lowest BCUT2D eigenvalue weighted by Gasteiger charge is -2.34. The highest BCUT2D eigenvalue weighted by molar-refractivity contribution is 7.89. The number of carbonyl (C=O) groups is 1. The van der Waals surface area contributed by atoms with E-state index in [1.54, 1.807) is 24.3 Å². The highest BCUT2D eigenvalue weighted by Crippen LogP contribution is 2.33. The van der Waals surface area contributed by atoms with E-state index in [1.165, 1.54) is 27.4 Å². The number of nitro groups is 1. The van der Waals surface area contributed by atoms with Gasteiger partial charge in [0.2, 0.25) is 15.9 Å². The van der Waals surface area contributed by atoms with Crippen LogP contribution >= 0.6 is 0 Å². The highest BCUT2D eigenvalue weighted by Gasteiger charge is 2.31. The average molecular weight is 461 g/mol. The minimum absolute atomic E-state index is 0.100. The number of piperazine rings is 1. The number of amides is 1. The first-order valence-electron chi connectivity index (χ1n) is 10.3. The SMILES string of the molecule is O=C(Cc1ccccc1[N+](=O)[O-])N1CCN(S(=O)(=O)c2ccc3c(c2)OCCCO3)CC1. The normalized spacial score (nSPS) is 16.9. The summed E-state index contributed by atoms with van der Waals surface area (Å²) in [7, 11) is -3.76. The van der Waals surface area contributed by atoms with Gasteiger partial charge in [-0.15, -0.1) is 0 Å². The topological polar surface area (TPSA) is 119 Å². The summed E-state index contributed by atoms with van der Waals surface area (Å²) in [5.74, 6) is 0.653. The number of nitrogens with zero attached hydrogens (tertiary/aromatic N) is 3. The molecule has 0 radical (unpaired) electrons. The van der Waals surface area contributed by atoms with Gasteiger partial charge < -0.3 is 14.4 Å². The first kappa shape index (κ1) is 22.0. The van der Waals surface area contributed by atoms with Crippen LogP contribution in [0.5, 0.6) is 11.5 Å². The summed E-state index contributed by atoms with van der Waals surface area (Å²) in [6, 6.07) is 10.7. The summed E-state index contributed by atoms with van der Waals surface area (Å²) in [6.45, 7) is 1.67. The first-order valence-corrected chi connectivity index (χ1v) is 11.7. The van der Waals surface area contributed by atoms with Crippen LogP contribution in [0.15, 0.2) is 47.4 Å². The molecule has 0 atom stereocenters. The maximum atomic E-state index is 13.1. The van der Waals surface area contributed by atoms with E-state index in [2.05, 4.69) is 0 Å². The Labute approximate surface area is 185 Å². The molecule has 1 fully saturated rings. The van der Waals surface area contributed by atoms with Gasteiger partial charge in [-0.1, -0.05) is 18.2 Å². The van der Waals surface area contributed by atoms with E-state index in [0.717, 1.165) is 6.42 Å². The number of hydrogen-bond donors (Lipinski definition) is 0. The van der Waals surface area contributed by atoms with Crippen molar-refractivity contribution < 1.29 is 27.6 Å². The Balaban J connectivity index is 1.41. The second-order valence-electron chi connectivity index (χ2n) is 7.51. The maximum Gasteiger partial charge on any atom is 0.273 e. The zero-order valence-electron chi connectivity index (χ0n) is 17.3. The fraction of sp³-hybridized carbons (Fsp3) is 0.381. The van der Waals surface area contributed by atoms with E-state index >= 15 is 0 Å². The summed E-state index contributed by atoms with van der Waals surface area (Å²) in [4.78, 5) is 25.0. The molecule has 2 aliphatic heterocycles. The van der Waals surface area contributed by atoms with E-state index in [-0.39, 0.29) is 49.1 Å². The summed E-state index contributed by atoms with van der Waals surface area (Å²) in [6.07, 6.45) is 0.616. The van der Waals surface area contributed by atoms with Crippen molar-refractivity contribution in [3.63, 3.8) is 0 Å². The minimum atomic E-state index is -3.76. The number of nitro benzene ring substituents is 1. The number of hydrogen-bond acceptors (Lipinski definition) is 7. The van der Waals surface area contributed by atoms with Gasteiger partial charge in [-0.3, -0.25) is 14.9 Å². The molecular formula is C21H23N3O7S. The number of carbonyl (C=O) groups excluding carboxylic acids is 1. The second-order valence-corrected chi connectivity index (χ2v) is 9.44. The van der Waals surface area contributed by atoms with Crippen molar-refractivity contribution in [3.8, 4) is 11.5 Å². The standard InChI is InChI=1S/C21H23N3O7S/c25-21(14-16-4-1-2-5-18(16)24(26)27)22-8-10-23(11-9-22)32(28,29)17-6-7-19-20(15-17)31-13-3-12-30-19/h1-2,4-7,15H,3,8-14H2. The lowest BCUT2D eigenvalue weighted by atomic mass is 10.1. The Kier molecular flexibility index (Phi) is 6.28. The van der Waals surface area contributed by atoms with Gasteiger partial charge in [-0.2, -0.15) is 4.31 Å². The summed E-state index contributed by atoms with van der Waals surface area (Å²) in [5, 5.41) is 11.2. The quantitative estimate of drug-likeness (QED) is 0.492. The molecule has 2 aromatic rings. The number of ether oxygens (including phenoxy) is 2. The van der Waals surface area contributed by atoms with Crippen LogP contribution in [0.4, 0.5) is 5.69 Å². The van der Waals surface area contributed by atoms with Gasteiger partial charge in [0, 0.05) is 50.3 Å². The first-order chi connectivity index (χ1) is 15.4. The largest absolute Gasteiger partial charge is 0.490 e. The van der Waals surface area contributed by atoms with Crippen LogP contribution < -0.4 is 9.47 Å². The molecular weight excluding hydrogens is 438 g/mol.